The lowest BCUT2D eigenvalue weighted by Crippen LogP contribution is -2.40. The number of benzene rings is 1. The monoisotopic (exact) mass is 374 g/mol. The van der Waals surface area contributed by atoms with Crippen LogP contribution in [0.3, 0.4) is 0 Å². The zero-order valence-corrected chi connectivity index (χ0v) is 15.4. The van der Waals surface area contributed by atoms with E-state index in [9.17, 15) is 0 Å². The predicted octanol–water partition coefficient (Wildman–Crippen LogP) is 2.96. The first-order valence-corrected chi connectivity index (χ1v) is 11.6. The number of hydrogen-bond donors (Lipinski definition) is 0. The van der Waals surface area contributed by atoms with E-state index >= 15 is 0 Å². The summed E-state index contributed by atoms with van der Waals surface area (Å²) in [4.78, 5) is 6.39. The summed E-state index contributed by atoms with van der Waals surface area (Å²) < 4.78 is 6.75. The van der Waals surface area contributed by atoms with E-state index in [1.54, 1.807) is 0 Å². The second-order valence-corrected chi connectivity index (χ2v) is 13.1. The van der Waals surface area contributed by atoms with Crippen LogP contribution in [-0.2, 0) is 4.74 Å². The van der Waals surface area contributed by atoms with Crippen molar-refractivity contribution in [1.82, 2.24) is 4.90 Å². The molecule has 1 aliphatic heterocycles. The smallest absolute Gasteiger partial charge is 0.199 e. The van der Waals surface area contributed by atoms with Crippen LogP contribution in [-0.4, -0.2) is 31.9 Å². The summed E-state index contributed by atoms with van der Waals surface area (Å²) in [6.07, 6.45) is 2.01. The van der Waals surface area contributed by atoms with Crippen LogP contribution in [0.1, 0.15) is 0 Å². The fraction of sp³-hybridized carbons (Fsp3) is 0.500. The molecule has 1 aromatic carbocycles. The highest BCUT2D eigenvalue weighted by Crippen LogP contribution is 2.12. The summed E-state index contributed by atoms with van der Waals surface area (Å²) in [5.74, 6) is 0. The van der Waals surface area contributed by atoms with E-state index in [0.717, 1.165) is 27.7 Å². The summed E-state index contributed by atoms with van der Waals surface area (Å²) in [7, 11) is -1.04. The van der Waals surface area contributed by atoms with Gasteiger partial charge < -0.3 is 9.64 Å². The molecule has 0 N–H and O–H groups in total. The van der Waals surface area contributed by atoms with Crippen LogP contribution in [0.5, 0.6) is 0 Å². The third-order valence-electron chi connectivity index (χ3n) is 3.05. The topological polar surface area (TPSA) is 24.8 Å². The molecule has 1 unspecified atom stereocenters. The van der Waals surface area contributed by atoms with E-state index in [2.05, 4.69) is 40.6 Å². The molecule has 20 heavy (non-hydrogen) atoms. The number of ether oxygens (including phenoxy) is 1. The molecule has 1 atom stereocenters. The third-order valence-corrected chi connectivity index (χ3v) is 5.60. The summed E-state index contributed by atoms with van der Waals surface area (Å²) in [5.41, 5.74) is -0.399. The Morgan fingerprint density at radius 2 is 2.15 bits per heavy atom. The average molecular weight is 376 g/mol. The Balaban J connectivity index is 1.99. The number of halogens is 2. The van der Waals surface area contributed by atoms with Crippen molar-refractivity contribution >= 4 is 41.8 Å². The van der Waals surface area contributed by atoms with Gasteiger partial charge in [0, 0.05) is 30.6 Å². The van der Waals surface area contributed by atoms with E-state index in [-0.39, 0.29) is 0 Å². The molecule has 0 aliphatic carbocycles. The van der Waals surface area contributed by atoms with Gasteiger partial charge in [0.05, 0.1) is 5.36 Å². The second-order valence-electron chi connectivity index (χ2n) is 6.13. The number of nitrogens with zero attached hydrogens (tertiary/aromatic N) is 2. The molecule has 0 saturated heterocycles. The van der Waals surface area contributed by atoms with Crippen molar-refractivity contribution in [2.45, 2.75) is 31.3 Å². The van der Waals surface area contributed by atoms with Gasteiger partial charge in [-0.25, -0.2) is 4.99 Å². The maximum atomic E-state index is 6.27. The van der Waals surface area contributed by atoms with Crippen LogP contribution in [0, 0.1) is 0 Å². The van der Waals surface area contributed by atoms with Crippen LogP contribution in [0.2, 0.25) is 25.7 Å². The molecule has 6 heteroatoms. The normalized spacial score (nSPS) is 18.2. The van der Waals surface area contributed by atoms with Crippen molar-refractivity contribution in [1.29, 1.82) is 0 Å². The fourth-order valence-electron chi connectivity index (χ4n) is 1.81. The molecule has 0 amide bonds. The van der Waals surface area contributed by atoms with E-state index in [1.807, 2.05) is 29.3 Å². The van der Waals surface area contributed by atoms with Crippen molar-refractivity contribution in [3.8, 4) is 0 Å². The number of rotatable bonds is 5. The summed E-state index contributed by atoms with van der Waals surface area (Å²) >= 11 is 9.72. The Bertz CT molecular complexity index is 588. The highest BCUT2D eigenvalue weighted by molar-refractivity contribution is 9.10. The molecule has 2 rings (SSSR count). The summed E-state index contributed by atoms with van der Waals surface area (Å²) in [5, 5.41) is 1.98. The minimum absolute atomic E-state index is 0.399. The lowest BCUT2D eigenvalue weighted by atomic mass is 10.3. The molecule has 1 aromatic rings. The van der Waals surface area contributed by atoms with Crippen molar-refractivity contribution in [2.24, 2.45) is 4.99 Å². The third kappa shape index (κ3) is 4.58. The van der Waals surface area contributed by atoms with Crippen LogP contribution >= 0.6 is 27.5 Å². The van der Waals surface area contributed by atoms with Crippen molar-refractivity contribution in [3.05, 3.63) is 33.2 Å². The molecule has 1 aliphatic rings. The molecule has 0 bridgehead atoms. The van der Waals surface area contributed by atoms with Gasteiger partial charge in [0.25, 0.3) is 0 Å². The first-order valence-electron chi connectivity index (χ1n) is 6.68. The van der Waals surface area contributed by atoms with Gasteiger partial charge in [0.2, 0.25) is 0 Å². The maximum absolute atomic E-state index is 6.27. The average Bonchev–Trinajstić information content (AvgIpc) is 2.34. The zero-order chi connectivity index (χ0) is 14.8. The largest absolute Gasteiger partial charge is 0.361 e. The molecule has 1 heterocycles. The minimum atomic E-state index is -1.04. The standard InChI is InChI=1S/C14H20BrClN2OSi/c1-20(2,3)7-6-19-10-18-9-11-4-5-12(15)8-13(11)17-14(18)16/h4-5,8-9,14H,6-7,10H2,1-3H3. The van der Waals surface area contributed by atoms with Crippen LogP contribution < -0.4 is 10.6 Å². The Hall–Kier alpha value is -0.363. The summed E-state index contributed by atoms with van der Waals surface area (Å²) in [6.45, 7) is 8.31. The van der Waals surface area contributed by atoms with Gasteiger partial charge in [0.1, 0.15) is 6.73 Å². The maximum Gasteiger partial charge on any atom is 0.199 e. The Morgan fingerprint density at radius 1 is 1.40 bits per heavy atom. The Morgan fingerprint density at radius 3 is 2.85 bits per heavy atom. The lowest BCUT2D eigenvalue weighted by Gasteiger charge is -2.26. The minimum Gasteiger partial charge on any atom is -0.361 e. The number of fused-ring (bicyclic) bond motifs is 1. The van der Waals surface area contributed by atoms with Gasteiger partial charge in [-0.2, -0.15) is 0 Å². The van der Waals surface area contributed by atoms with E-state index < -0.39 is 13.7 Å². The molecule has 0 aromatic heterocycles. The van der Waals surface area contributed by atoms with Gasteiger partial charge >= 0.3 is 0 Å². The molecule has 110 valence electrons. The van der Waals surface area contributed by atoms with Crippen LogP contribution in [0.15, 0.2) is 27.7 Å². The summed E-state index contributed by atoms with van der Waals surface area (Å²) in [6, 6.07) is 7.17. The first-order chi connectivity index (χ1) is 9.35. The highest BCUT2D eigenvalue weighted by atomic mass is 79.9. The van der Waals surface area contributed by atoms with E-state index in [0.29, 0.717) is 6.73 Å². The van der Waals surface area contributed by atoms with E-state index in [1.165, 1.54) is 0 Å². The second kappa shape index (κ2) is 6.60. The highest BCUT2D eigenvalue weighted by Gasteiger charge is 2.16. The molecule has 0 fully saturated rings. The lowest BCUT2D eigenvalue weighted by molar-refractivity contribution is 0.0645. The molecular weight excluding hydrogens is 356 g/mol. The molecule has 0 radical (unpaired) electrons. The van der Waals surface area contributed by atoms with Gasteiger partial charge in [-0.15, -0.1) is 0 Å². The Labute approximate surface area is 134 Å². The first kappa shape index (κ1) is 16.0. The quantitative estimate of drug-likeness (QED) is 0.342. The zero-order valence-electron chi connectivity index (χ0n) is 12.1. The number of hydrogen-bond acceptors (Lipinski definition) is 3. The van der Waals surface area contributed by atoms with Crippen molar-refractivity contribution < 1.29 is 4.74 Å². The number of alkyl halides is 1. The van der Waals surface area contributed by atoms with Gasteiger partial charge in [-0.05, 0) is 18.2 Å². The molecule has 0 spiro atoms. The van der Waals surface area contributed by atoms with Crippen molar-refractivity contribution in [3.63, 3.8) is 0 Å². The van der Waals surface area contributed by atoms with Gasteiger partial charge in [-0.1, -0.05) is 53.2 Å². The predicted molar refractivity (Wildman–Crippen MR) is 89.8 cm³/mol. The van der Waals surface area contributed by atoms with Crippen molar-refractivity contribution in [2.75, 3.05) is 13.3 Å². The molecule has 3 nitrogen and oxygen atoms in total. The van der Waals surface area contributed by atoms with Gasteiger partial charge in [-0.3, -0.25) is 0 Å². The Kier molecular flexibility index (Phi) is 5.29. The SMILES string of the molecule is C[Si](C)(C)CCOCN1C=c2ccc(Br)cc2=NC1Cl. The van der Waals surface area contributed by atoms with Crippen LogP contribution in [0.4, 0.5) is 0 Å². The molecule has 0 saturated carbocycles. The van der Waals surface area contributed by atoms with E-state index in [4.69, 9.17) is 16.3 Å². The van der Waals surface area contributed by atoms with Crippen LogP contribution in [0.25, 0.3) is 6.20 Å². The van der Waals surface area contributed by atoms with Gasteiger partial charge in [0.15, 0.2) is 5.62 Å². The fourth-order valence-corrected chi connectivity index (χ4v) is 3.14. The molecular formula is C14H20BrClN2OSi.